The van der Waals surface area contributed by atoms with Crippen molar-refractivity contribution >= 4 is 37.0 Å². The number of phosphoric acid groups is 1. The SMILES string of the molecule is CCCCCCCCCCCCCCCCCC(OP(=O)([O-])OCC[N+](C)(C)C)c1ccc(CC(=O)CCC2=C3C[C@@H](C)C[C@H](C)[C@H](O)[C@@H](C)/C=C(\C)[C@H](OC(C)=O)[C@@H](C)/C=C\C=C(/C)C(=O)NC(=CC2=O)C3=O)cc1. The zero-order chi connectivity index (χ0) is 56.4. The lowest BCUT2D eigenvalue weighted by atomic mass is 9.80. The van der Waals surface area contributed by atoms with Gasteiger partial charge in [0.15, 0.2) is 5.78 Å². The van der Waals surface area contributed by atoms with E-state index in [1.54, 1.807) is 43.3 Å². The third-order valence-electron chi connectivity index (χ3n) is 14.8. The van der Waals surface area contributed by atoms with Crippen molar-refractivity contribution < 1.29 is 56.8 Å². The number of amides is 1. The minimum absolute atomic E-state index is 0.0000488. The van der Waals surface area contributed by atoms with Gasteiger partial charge in [-0.2, -0.15) is 0 Å². The Morgan fingerprint density at radius 3 is 2.00 bits per heavy atom. The molecule has 1 aromatic carbocycles. The molecule has 3 rings (SSSR count). The van der Waals surface area contributed by atoms with Gasteiger partial charge in [0.1, 0.15) is 25.0 Å². The van der Waals surface area contributed by atoms with E-state index in [0.29, 0.717) is 35.0 Å². The van der Waals surface area contributed by atoms with Crippen LogP contribution in [-0.4, -0.2) is 85.3 Å². The van der Waals surface area contributed by atoms with Gasteiger partial charge in [-0.05, 0) is 68.1 Å². The summed E-state index contributed by atoms with van der Waals surface area (Å²) in [5.41, 5.74) is 2.77. The molecule has 0 radical (unpaired) electrons. The van der Waals surface area contributed by atoms with E-state index in [0.717, 1.165) is 37.3 Å². The summed E-state index contributed by atoms with van der Waals surface area (Å²) in [4.78, 5) is 80.5. The summed E-state index contributed by atoms with van der Waals surface area (Å²) in [5, 5.41) is 14.2. The van der Waals surface area contributed by atoms with Crippen LogP contribution >= 0.6 is 7.82 Å². The summed E-state index contributed by atoms with van der Waals surface area (Å²) in [6.07, 6.45) is 25.7. The van der Waals surface area contributed by atoms with Gasteiger partial charge in [0.05, 0.1) is 39.0 Å². The van der Waals surface area contributed by atoms with Crippen LogP contribution in [0.4, 0.5) is 0 Å². The van der Waals surface area contributed by atoms with Crippen LogP contribution in [0.2, 0.25) is 0 Å². The number of benzene rings is 1. The number of aliphatic hydroxyl groups excluding tert-OH is 1. The van der Waals surface area contributed by atoms with E-state index < -0.39 is 49.6 Å². The van der Waals surface area contributed by atoms with Gasteiger partial charge in [-0.1, -0.05) is 180 Å². The van der Waals surface area contributed by atoms with Crippen LogP contribution in [0.1, 0.15) is 201 Å². The molecule has 0 saturated heterocycles. The van der Waals surface area contributed by atoms with E-state index in [1.165, 1.54) is 77.6 Å². The number of ketones is 3. The molecule has 2 unspecified atom stereocenters. The Morgan fingerprint density at radius 1 is 0.855 bits per heavy atom. The largest absolute Gasteiger partial charge is 0.756 e. The van der Waals surface area contributed by atoms with Crippen molar-refractivity contribution in [2.45, 2.75) is 209 Å². The van der Waals surface area contributed by atoms with Gasteiger partial charge in [-0.25, -0.2) is 0 Å². The molecular formula is C62H97N2O11P. The van der Waals surface area contributed by atoms with E-state index in [1.807, 2.05) is 67.9 Å². The number of esters is 1. The average molecular weight is 1080 g/mol. The van der Waals surface area contributed by atoms with Gasteiger partial charge in [0.2, 0.25) is 5.78 Å². The van der Waals surface area contributed by atoms with E-state index in [4.69, 9.17) is 13.8 Å². The Hall–Kier alpha value is -4.10. The number of nitrogens with one attached hydrogen (secondary N) is 1. The summed E-state index contributed by atoms with van der Waals surface area (Å²) in [6.45, 7) is 15.2. The first kappa shape index (κ1) is 66.2. The Labute approximate surface area is 457 Å². The molecule has 0 aromatic heterocycles. The van der Waals surface area contributed by atoms with E-state index in [-0.39, 0.29) is 84.2 Å². The number of rotatable bonds is 29. The number of nitrogens with zero attached hydrogens (tertiary/aromatic N) is 1. The molecule has 1 aliphatic heterocycles. The molecule has 1 aromatic rings. The smallest absolute Gasteiger partial charge is 0.303 e. The summed E-state index contributed by atoms with van der Waals surface area (Å²) in [5.74, 6) is -3.06. The van der Waals surface area contributed by atoms with Gasteiger partial charge < -0.3 is 33.6 Å². The fourth-order valence-corrected chi connectivity index (χ4v) is 11.1. The second-order valence-corrected chi connectivity index (χ2v) is 24.5. The third kappa shape index (κ3) is 25.1. The van der Waals surface area contributed by atoms with Crippen molar-refractivity contribution in [2.75, 3.05) is 34.3 Å². The highest BCUT2D eigenvalue weighted by Crippen LogP contribution is 2.45. The van der Waals surface area contributed by atoms with Gasteiger partial charge >= 0.3 is 5.97 Å². The van der Waals surface area contributed by atoms with Crippen LogP contribution in [0.25, 0.3) is 0 Å². The molecule has 2 N–H and O–H groups in total. The number of fused-ring (bicyclic) bond motifs is 2. The quantitative estimate of drug-likeness (QED) is 0.0194. The Morgan fingerprint density at radius 2 is 1.43 bits per heavy atom. The van der Waals surface area contributed by atoms with Crippen LogP contribution < -0.4 is 10.2 Å². The maximum atomic E-state index is 14.3. The Bertz CT molecular complexity index is 2240. The monoisotopic (exact) mass is 1080 g/mol. The van der Waals surface area contributed by atoms with Crippen LogP contribution in [0.3, 0.4) is 0 Å². The van der Waals surface area contributed by atoms with Crippen LogP contribution in [0, 0.1) is 23.7 Å². The number of carbonyl (C=O) groups excluding carboxylic acids is 5. The molecule has 13 nitrogen and oxygen atoms in total. The maximum absolute atomic E-state index is 14.3. The molecule has 0 spiro atoms. The number of phosphoric ester groups is 1. The number of hydrogen-bond donors (Lipinski definition) is 2. The topological polar surface area (TPSA) is 185 Å². The summed E-state index contributed by atoms with van der Waals surface area (Å²) in [7, 11) is 1.23. The standard InChI is InChI=1S/C62H97N2O11P/c1-12-13-14-15-16-17-18-19-20-21-22-23-24-25-26-30-58(75-76(71,72)73-38-37-64(9,10)11)52-33-31-51(32-34-52)42-53(66)35-36-54-55-40-44(2)39-47(5)59(68)48(6)41-49(7)61(74-50(8)65)45(3)28-27-29-46(4)62(70)63-56(60(55)69)43-57(54)67/h27-29,31-34,41,43-45,47-48,58-59,61,68H,12-26,30,35-40,42H2,1-11H3,(H-,63,67,70,71,72)/b28-27-,46-29+,49-41+/t44-,45-,47-,48-,58?,59-,61+/m0/s1. The number of aliphatic hydroxyl groups is 1. The predicted molar refractivity (Wildman–Crippen MR) is 302 cm³/mol. The highest BCUT2D eigenvalue weighted by atomic mass is 31.2. The number of allylic oxidation sites excluding steroid dienone is 5. The molecule has 426 valence electrons. The molecule has 1 heterocycles. The van der Waals surface area contributed by atoms with E-state index in [2.05, 4.69) is 12.2 Å². The molecular weight excluding hydrogens is 980 g/mol. The minimum Gasteiger partial charge on any atom is -0.756 e. The summed E-state index contributed by atoms with van der Waals surface area (Å²) in [6, 6.07) is 7.19. The average Bonchev–Trinajstić information content (AvgIpc) is 3.34. The lowest BCUT2D eigenvalue weighted by Gasteiger charge is -2.30. The van der Waals surface area contributed by atoms with E-state index in [9.17, 15) is 38.5 Å². The first-order chi connectivity index (χ1) is 35.9. The first-order valence-corrected chi connectivity index (χ1v) is 30.1. The number of ether oxygens (including phenoxy) is 1. The van der Waals surface area contributed by atoms with Crippen molar-refractivity contribution in [3.8, 4) is 0 Å². The van der Waals surface area contributed by atoms with Crippen LogP contribution in [0.15, 0.2) is 82.6 Å². The highest BCUT2D eigenvalue weighted by molar-refractivity contribution is 7.45. The second-order valence-electron chi connectivity index (χ2n) is 23.2. The highest BCUT2D eigenvalue weighted by Gasteiger charge is 2.33. The molecule has 2 bridgehead atoms. The lowest BCUT2D eigenvalue weighted by molar-refractivity contribution is -0.870. The fourth-order valence-electron chi connectivity index (χ4n) is 10.2. The van der Waals surface area contributed by atoms with Crippen molar-refractivity contribution in [1.82, 2.24) is 5.32 Å². The predicted octanol–water partition coefficient (Wildman–Crippen LogP) is 12.6. The van der Waals surface area contributed by atoms with Crippen molar-refractivity contribution in [1.29, 1.82) is 0 Å². The zero-order valence-electron chi connectivity index (χ0n) is 48.4. The molecule has 1 aliphatic carbocycles. The Balaban J connectivity index is 1.73. The van der Waals surface area contributed by atoms with Crippen molar-refractivity contribution in [3.63, 3.8) is 0 Å². The fraction of sp³-hybridized carbons (Fsp3) is 0.661. The zero-order valence-corrected chi connectivity index (χ0v) is 49.3. The third-order valence-corrected chi connectivity index (χ3v) is 15.8. The van der Waals surface area contributed by atoms with Gasteiger partial charge in [-0.3, -0.25) is 28.5 Å². The van der Waals surface area contributed by atoms with Gasteiger partial charge in [-0.15, -0.1) is 0 Å². The summed E-state index contributed by atoms with van der Waals surface area (Å²) >= 11 is 0. The van der Waals surface area contributed by atoms with Crippen LogP contribution in [-0.2, 0) is 48.7 Å². The molecule has 76 heavy (non-hydrogen) atoms. The number of quaternary nitrogens is 1. The molecule has 14 heteroatoms. The number of hydrogen-bond acceptors (Lipinski definition) is 11. The lowest BCUT2D eigenvalue weighted by Crippen LogP contribution is -2.37. The maximum Gasteiger partial charge on any atom is 0.303 e. The number of Topliss-reactive ketones (excluding diaryl/α,β-unsaturated/α-hetero) is 2. The molecule has 0 fully saturated rings. The van der Waals surface area contributed by atoms with Crippen molar-refractivity contribution in [3.05, 3.63) is 93.8 Å². The molecule has 1 amide bonds. The molecule has 0 saturated carbocycles. The molecule has 2 aliphatic rings. The van der Waals surface area contributed by atoms with Crippen molar-refractivity contribution in [2.24, 2.45) is 23.7 Å². The Kier molecular flexibility index (Phi) is 29.6. The van der Waals surface area contributed by atoms with E-state index >= 15 is 0 Å². The minimum atomic E-state index is -4.64. The summed E-state index contributed by atoms with van der Waals surface area (Å²) < 4.78 is 30.4. The first-order valence-electron chi connectivity index (χ1n) is 28.7. The van der Waals surface area contributed by atoms with Crippen LogP contribution in [0.5, 0.6) is 0 Å². The van der Waals surface area contributed by atoms with Gasteiger partial charge in [0, 0.05) is 54.4 Å². The van der Waals surface area contributed by atoms with Gasteiger partial charge in [0.25, 0.3) is 13.7 Å². The second kappa shape index (κ2) is 34.0. The number of likely N-dealkylation sites (N-methyl/N-ethyl adjacent to an activating group) is 1. The number of unbranched alkanes of at least 4 members (excludes halogenated alkanes) is 14. The number of carbonyl (C=O) groups is 5. The molecule has 8 atom stereocenters. The normalized spacial score (nSPS) is 24.4.